The zero-order valence-corrected chi connectivity index (χ0v) is 14.2. The number of likely N-dealkylation sites (N-methyl/N-ethyl adjacent to an activating group) is 1. The molecule has 0 aromatic heterocycles. The van der Waals surface area contributed by atoms with Crippen molar-refractivity contribution in [2.24, 2.45) is 4.99 Å². The van der Waals surface area contributed by atoms with Gasteiger partial charge in [-0.05, 0) is 45.5 Å². The molecule has 2 N–H and O–H groups in total. The average molecular weight is 322 g/mol. The van der Waals surface area contributed by atoms with Crippen molar-refractivity contribution in [2.45, 2.75) is 31.9 Å². The Morgan fingerprint density at radius 3 is 2.87 bits per heavy atom. The van der Waals surface area contributed by atoms with Gasteiger partial charge in [0.1, 0.15) is 6.10 Å². The molecule has 1 aromatic carbocycles. The first-order valence-corrected chi connectivity index (χ1v) is 8.16. The fraction of sp³-hybridized carbons (Fsp3) is 0.588. The molecule has 1 heterocycles. The second kappa shape index (κ2) is 8.72. The third kappa shape index (κ3) is 5.39. The van der Waals surface area contributed by atoms with Gasteiger partial charge in [-0.3, -0.25) is 4.99 Å². The van der Waals surface area contributed by atoms with Gasteiger partial charge in [-0.1, -0.05) is 12.1 Å². The van der Waals surface area contributed by atoms with E-state index in [9.17, 15) is 4.39 Å². The van der Waals surface area contributed by atoms with Crippen molar-refractivity contribution in [2.75, 3.05) is 33.7 Å². The number of likely N-dealkylation sites (tertiary alicyclic amines) is 1. The third-order valence-electron chi connectivity index (χ3n) is 4.12. The van der Waals surface area contributed by atoms with E-state index in [0.717, 1.165) is 19.0 Å². The molecule has 2 unspecified atom stereocenters. The minimum Gasteiger partial charge on any atom is -0.486 e. The molecule has 1 aromatic rings. The minimum atomic E-state index is -0.342. The number of rotatable bonds is 6. The van der Waals surface area contributed by atoms with Crippen molar-refractivity contribution in [1.29, 1.82) is 0 Å². The number of nitrogens with one attached hydrogen (secondary N) is 2. The van der Waals surface area contributed by atoms with Crippen LogP contribution in [0.3, 0.4) is 0 Å². The molecule has 1 fully saturated rings. The van der Waals surface area contributed by atoms with Crippen molar-refractivity contribution in [3.63, 3.8) is 0 Å². The van der Waals surface area contributed by atoms with Crippen LogP contribution in [-0.4, -0.2) is 56.7 Å². The van der Waals surface area contributed by atoms with E-state index < -0.39 is 0 Å². The highest BCUT2D eigenvalue weighted by Crippen LogP contribution is 2.16. The van der Waals surface area contributed by atoms with E-state index in [1.165, 1.54) is 18.9 Å². The van der Waals surface area contributed by atoms with Crippen molar-refractivity contribution >= 4 is 5.96 Å². The Kier molecular flexibility index (Phi) is 6.65. The van der Waals surface area contributed by atoms with Crippen LogP contribution >= 0.6 is 0 Å². The first kappa shape index (κ1) is 17.5. The summed E-state index contributed by atoms with van der Waals surface area (Å²) in [6, 6.07) is 7.00. The number of ether oxygens (including phenoxy) is 1. The lowest BCUT2D eigenvalue weighted by atomic mass is 10.2. The van der Waals surface area contributed by atoms with Gasteiger partial charge in [0.25, 0.3) is 0 Å². The molecule has 0 amide bonds. The topological polar surface area (TPSA) is 48.9 Å². The molecular weight excluding hydrogens is 295 g/mol. The number of hydrogen-bond donors (Lipinski definition) is 2. The van der Waals surface area contributed by atoms with Crippen LogP contribution in [0.25, 0.3) is 0 Å². The van der Waals surface area contributed by atoms with Crippen molar-refractivity contribution in [1.82, 2.24) is 15.5 Å². The monoisotopic (exact) mass is 322 g/mol. The fourth-order valence-electron chi connectivity index (χ4n) is 2.71. The van der Waals surface area contributed by atoms with Crippen LogP contribution < -0.4 is 15.4 Å². The molecule has 0 aliphatic carbocycles. The Hall–Kier alpha value is -1.82. The summed E-state index contributed by atoms with van der Waals surface area (Å²) >= 11 is 0. The largest absolute Gasteiger partial charge is 0.486 e. The molecule has 1 aliphatic rings. The van der Waals surface area contributed by atoms with Gasteiger partial charge < -0.3 is 20.3 Å². The van der Waals surface area contributed by atoms with Gasteiger partial charge in [-0.15, -0.1) is 0 Å². The Balaban J connectivity index is 1.73. The molecule has 6 heteroatoms. The minimum absolute atomic E-state index is 0.167. The van der Waals surface area contributed by atoms with E-state index in [0.29, 0.717) is 12.6 Å². The summed E-state index contributed by atoms with van der Waals surface area (Å²) in [5.41, 5.74) is 0. The third-order valence-corrected chi connectivity index (χ3v) is 4.12. The lowest BCUT2D eigenvalue weighted by Crippen LogP contribution is -2.46. The predicted octanol–water partition coefficient (Wildman–Crippen LogP) is 1.85. The summed E-state index contributed by atoms with van der Waals surface area (Å²) in [6.45, 7) is 4.48. The van der Waals surface area contributed by atoms with E-state index >= 15 is 0 Å². The first-order chi connectivity index (χ1) is 11.1. The van der Waals surface area contributed by atoms with E-state index in [4.69, 9.17) is 4.74 Å². The number of aliphatic imine (C=N–C) groups is 1. The molecule has 128 valence electrons. The van der Waals surface area contributed by atoms with Crippen LogP contribution in [0.2, 0.25) is 0 Å². The number of halogens is 1. The zero-order chi connectivity index (χ0) is 16.7. The number of para-hydroxylation sites is 1. The van der Waals surface area contributed by atoms with Crippen LogP contribution in [0, 0.1) is 5.82 Å². The Bertz CT molecular complexity index is 523. The van der Waals surface area contributed by atoms with Crippen LogP contribution in [0.15, 0.2) is 29.3 Å². The van der Waals surface area contributed by atoms with Crippen LogP contribution in [-0.2, 0) is 0 Å². The maximum atomic E-state index is 13.6. The van der Waals surface area contributed by atoms with E-state index in [1.807, 2.05) is 6.92 Å². The maximum absolute atomic E-state index is 13.6. The molecule has 0 saturated carbocycles. The Labute approximate surface area is 137 Å². The van der Waals surface area contributed by atoms with Gasteiger partial charge in [0.05, 0.1) is 6.54 Å². The maximum Gasteiger partial charge on any atom is 0.191 e. The Morgan fingerprint density at radius 1 is 1.43 bits per heavy atom. The highest BCUT2D eigenvalue weighted by atomic mass is 19.1. The van der Waals surface area contributed by atoms with Crippen molar-refractivity contribution in [3.05, 3.63) is 30.1 Å². The smallest absolute Gasteiger partial charge is 0.191 e. The van der Waals surface area contributed by atoms with Gasteiger partial charge in [0, 0.05) is 19.6 Å². The second-order valence-corrected chi connectivity index (χ2v) is 5.97. The van der Waals surface area contributed by atoms with Crippen LogP contribution in [0.1, 0.15) is 19.8 Å². The number of benzene rings is 1. The Morgan fingerprint density at radius 2 is 2.22 bits per heavy atom. The summed E-state index contributed by atoms with van der Waals surface area (Å²) in [6.07, 6.45) is 2.30. The summed E-state index contributed by atoms with van der Waals surface area (Å²) in [7, 11) is 3.90. The summed E-state index contributed by atoms with van der Waals surface area (Å²) in [4.78, 5) is 6.58. The predicted molar refractivity (Wildman–Crippen MR) is 91.5 cm³/mol. The molecule has 1 aliphatic heterocycles. The summed E-state index contributed by atoms with van der Waals surface area (Å²) in [5, 5.41) is 6.56. The van der Waals surface area contributed by atoms with Crippen LogP contribution in [0.5, 0.6) is 5.75 Å². The first-order valence-electron chi connectivity index (χ1n) is 8.16. The molecule has 0 spiro atoms. The van der Waals surface area contributed by atoms with Gasteiger partial charge >= 0.3 is 0 Å². The molecule has 2 atom stereocenters. The van der Waals surface area contributed by atoms with Gasteiger partial charge in [-0.2, -0.15) is 0 Å². The summed E-state index contributed by atoms with van der Waals surface area (Å²) in [5.74, 6) is 0.678. The molecular formula is C17H27FN4O. The molecule has 1 saturated heterocycles. The standard InChI is InChI=1S/C17H27FN4O/c1-13(23-16-9-5-4-8-15(16)18)11-20-17(19-2)21-12-14-7-6-10-22(14)3/h4-5,8-9,13-14H,6-7,10-12H2,1-3H3,(H2,19,20,21). The highest BCUT2D eigenvalue weighted by Gasteiger charge is 2.20. The molecule has 0 bridgehead atoms. The summed E-state index contributed by atoms with van der Waals surface area (Å²) < 4.78 is 19.2. The van der Waals surface area contributed by atoms with Gasteiger partial charge in [0.2, 0.25) is 0 Å². The molecule has 23 heavy (non-hydrogen) atoms. The number of hydrogen-bond acceptors (Lipinski definition) is 3. The molecule has 5 nitrogen and oxygen atoms in total. The number of nitrogens with zero attached hydrogens (tertiary/aromatic N) is 2. The van der Waals surface area contributed by atoms with Crippen molar-refractivity contribution < 1.29 is 9.13 Å². The van der Waals surface area contributed by atoms with Crippen molar-refractivity contribution in [3.8, 4) is 5.75 Å². The zero-order valence-electron chi connectivity index (χ0n) is 14.2. The molecule has 0 radical (unpaired) electrons. The number of guanidine groups is 1. The van der Waals surface area contributed by atoms with E-state index in [1.54, 1.807) is 25.2 Å². The van der Waals surface area contributed by atoms with Crippen LogP contribution in [0.4, 0.5) is 4.39 Å². The second-order valence-electron chi connectivity index (χ2n) is 5.97. The fourth-order valence-corrected chi connectivity index (χ4v) is 2.71. The quantitative estimate of drug-likeness (QED) is 0.620. The normalized spacial score (nSPS) is 20.3. The average Bonchev–Trinajstić information content (AvgIpc) is 2.95. The van der Waals surface area contributed by atoms with E-state index in [2.05, 4.69) is 27.6 Å². The highest BCUT2D eigenvalue weighted by molar-refractivity contribution is 5.79. The van der Waals surface area contributed by atoms with E-state index in [-0.39, 0.29) is 17.7 Å². The van der Waals surface area contributed by atoms with Gasteiger partial charge in [0.15, 0.2) is 17.5 Å². The SMILES string of the molecule is CN=C(NCC(C)Oc1ccccc1F)NCC1CCCN1C. The molecule has 2 rings (SSSR count). The van der Waals surface area contributed by atoms with Gasteiger partial charge in [-0.25, -0.2) is 4.39 Å². The lowest BCUT2D eigenvalue weighted by molar-refractivity contribution is 0.214. The lowest BCUT2D eigenvalue weighted by Gasteiger charge is -2.22.